The van der Waals surface area contributed by atoms with Crippen LogP contribution in [0.1, 0.15) is 53.0 Å². The number of aromatic nitrogens is 4. The van der Waals surface area contributed by atoms with E-state index < -0.39 is 5.25 Å². The van der Waals surface area contributed by atoms with Crippen molar-refractivity contribution in [1.29, 1.82) is 0 Å². The third-order valence-electron chi connectivity index (χ3n) is 5.14. The van der Waals surface area contributed by atoms with E-state index in [1.54, 1.807) is 22.9 Å². The Hall–Kier alpha value is -2.61. The van der Waals surface area contributed by atoms with Crippen LogP contribution in [-0.4, -0.2) is 30.5 Å². The maximum Gasteiger partial charge on any atom is 0.262 e. The van der Waals surface area contributed by atoms with Gasteiger partial charge >= 0.3 is 0 Å². The van der Waals surface area contributed by atoms with E-state index in [-0.39, 0.29) is 17.5 Å². The van der Waals surface area contributed by atoms with E-state index in [9.17, 15) is 9.59 Å². The van der Waals surface area contributed by atoms with Gasteiger partial charge in [-0.3, -0.25) is 14.2 Å². The van der Waals surface area contributed by atoms with Crippen LogP contribution in [0.3, 0.4) is 0 Å². The van der Waals surface area contributed by atoms with Gasteiger partial charge in [0.05, 0.1) is 28.4 Å². The predicted octanol–water partition coefficient (Wildman–Crippen LogP) is 4.48. The number of benzene rings is 1. The van der Waals surface area contributed by atoms with Crippen LogP contribution in [0.25, 0.3) is 10.9 Å². The number of thioether (sulfide) groups is 1. The number of hydrogen-bond donors (Lipinski definition) is 1. The summed E-state index contributed by atoms with van der Waals surface area (Å²) < 4.78 is 3.52. The van der Waals surface area contributed by atoms with Gasteiger partial charge in [0.1, 0.15) is 5.82 Å². The average Bonchev–Trinajstić information content (AvgIpc) is 3.21. The maximum atomic E-state index is 13.0. The van der Waals surface area contributed by atoms with Gasteiger partial charge in [0.15, 0.2) is 5.16 Å². The third kappa shape index (κ3) is 4.75. The molecule has 3 rings (SSSR count). The highest BCUT2D eigenvalue weighted by atomic mass is 32.2. The molecule has 8 heteroatoms. The fourth-order valence-electron chi connectivity index (χ4n) is 3.13. The van der Waals surface area contributed by atoms with E-state index in [0.29, 0.717) is 28.4 Å². The van der Waals surface area contributed by atoms with E-state index in [0.717, 1.165) is 19.3 Å². The SMILES string of the molecule is CCCCn1c(S[C@@H](C)C(=O)Nc2ccnn2[C@@H](C)CC)nc2ccccc2c1=O. The topological polar surface area (TPSA) is 81.8 Å². The van der Waals surface area contributed by atoms with Gasteiger partial charge in [0.25, 0.3) is 5.56 Å². The number of hydrogen-bond acceptors (Lipinski definition) is 5. The maximum absolute atomic E-state index is 13.0. The molecule has 3 aromatic rings. The Morgan fingerprint density at radius 3 is 2.70 bits per heavy atom. The van der Waals surface area contributed by atoms with Crippen molar-refractivity contribution in [1.82, 2.24) is 19.3 Å². The highest BCUT2D eigenvalue weighted by molar-refractivity contribution is 8.00. The van der Waals surface area contributed by atoms with Gasteiger partial charge in [-0.1, -0.05) is 44.2 Å². The van der Waals surface area contributed by atoms with E-state index in [4.69, 9.17) is 4.98 Å². The van der Waals surface area contributed by atoms with Crippen LogP contribution in [0.15, 0.2) is 46.5 Å². The van der Waals surface area contributed by atoms with E-state index in [1.807, 2.05) is 29.8 Å². The lowest BCUT2D eigenvalue weighted by atomic mass is 10.2. The summed E-state index contributed by atoms with van der Waals surface area (Å²) >= 11 is 1.31. The number of amides is 1. The smallest absolute Gasteiger partial charge is 0.262 e. The molecule has 0 bridgehead atoms. The first-order chi connectivity index (χ1) is 14.5. The molecule has 1 amide bonds. The summed E-state index contributed by atoms with van der Waals surface area (Å²) in [5.74, 6) is 0.533. The average molecular weight is 428 g/mol. The van der Waals surface area contributed by atoms with Gasteiger partial charge in [-0.15, -0.1) is 0 Å². The fourth-order valence-corrected chi connectivity index (χ4v) is 4.06. The highest BCUT2D eigenvalue weighted by Crippen LogP contribution is 2.25. The molecule has 0 fully saturated rings. The number of carbonyl (C=O) groups is 1. The van der Waals surface area contributed by atoms with Crippen LogP contribution >= 0.6 is 11.8 Å². The van der Waals surface area contributed by atoms with Crippen LogP contribution < -0.4 is 10.9 Å². The molecule has 0 aliphatic carbocycles. The van der Waals surface area contributed by atoms with Crippen molar-refractivity contribution in [2.24, 2.45) is 0 Å². The summed E-state index contributed by atoms with van der Waals surface area (Å²) in [4.78, 5) is 30.6. The number of nitrogens with one attached hydrogen (secondary N) is 1. The van der Waals surface area contributed by atoms with Crippen molar-refractivity contribution in [2.45, 2.75) is 70.0 Å². The Kier molecular flexibility index (Phi) is 7.31. The van der Waals surface area contributed by atoms with Gasteiger partial charge in [-0.2, -0.15) is 5.10 Å². The molecule has 0 radical (unpaired) electrons. The predicted molar refractivity (Wildman–Crippen MR) is 122 cm³/mol. The number of fused-ring (bicyclic) bond motifs is 1. The zero-order valence-corrected chi connectivity index (χ0v) is 18.8. The van der Waals surface area contributed by atoms with E-state index in [1.165, 1.54) is 11.8 Å². The molecule has 2 atom stereocenters. The molecule has 160 valence electrons. The summed E-state index contributed by atoms with van der Waals surface area (Å²) in [6.45, 7) is 8.65. The minimum absolute atomic E-state index is 0.0565. The molecule has 0 spiro atoms. The Labute approximate surface area is 180 Å². The van der Waals surface area contributed by atoms with Gasteiger partial charge in [0.2, 0.25) is 5.91 Å². The quantitative estimate of drug-likeness (QED) is 0.402. The molecule has 0 aliphatic heterocycles. The fraction of sp³-hybridized carbons (Fsp3) is 0.455. The number of nitrogens with zero attached hydrogens (tertiary/aromatic N) is 4. The molecular formula is C22H29N5O2S. The van der Waals surface area contributed by atoms with E-state index >= 15 is 0 Å². The summed E-state index contributed by atoms with van der Waals surface area (Å²) in [6, 6.07) is 9.34. The number of anilines is 1. The molecule has 0 saturated carbocycles. The molecule has 0 saturated heterocycles. The standard InChI is InChI=1S/C22H29N5O2S/c1-5-7-14-26-21(29)17-10-8-9-11-18(17)24-22(26)30-16(4)20(28)25-19-12-13-23-27(19)15(3)6-2/h8-13,15-16H,5-7,14H2,1-4H3,(H,25,28)/t15-,16-/m0/s1. The van der Waals surface area contributed by atoms with Crippen LogP contribution in [-0.2, 0) is 11.3 Å². The second-order valence-electron chi connectivity index (χ2n) is 7.39. The van der Waals surface area contributed by atoms with Crippen LogP contribution in [0, 0.1) is 0 Å². The van der Waals surface area contributed by atoms with Crippen molar-refractivity contribution in [3.8, 4) is 0 Å². The summed E-state index contributed by atoms with van der Waals surface area (Å²) in [5, 5.41) is 8.03. The van der Waals surface area contributed by atoms with Crippen molar-refractivity contribution in [2.75, 3.05) is 5.32 Å². The first kappa shape index (κ1) is 22.1. The molecule has 0 unspecified atom stereocenters. The van der Waals surface area contributed by atoms with Gasteiger partial charge < -0.3 is 5.32 Å². The first-order valence-corrected chi connectivity index (χ1v) is 11.3. The summed E-state index contributed by atoms with van der Waals surface area (Å²) in [7, 11) is 0. The summed E-state index contributed by atoms with van der Waals surface area (Å²) in [6.07, 6.45) is 4.45. The monoisotopic (exact) mass is 427 g/mol. The summed E-state index contributed by atoms with van der Waals surface area (Å²) in [5.41, 5.74) is 0.596. The lowest BCUT2D eigenvalue weighted by molar-refractivity contribution is -0.115. The Morgan fingerprint density at radius 2 is 1.97 bits per heavy atom. The molecule has 0 aliphatic rings. The number of rotatable bonds is 9. The normalized spacial score (nSPS) is 13.3. The van der Waals surface area contributed by atoms with Crippen LogP contribution in [0.5, 0.6) is 0 Å². The Morgan fingerprint density at radius 1 is 1.20 bits per heavy atom. The number of para-hydroxylation sites is 1. The minimum atomic E-state index is -0.425. The van der Waals surface area contributed by atoms with Gasteiger partial charge in [-0.05, 0) is 38.8 Å². The largest absolute Gasteiger partial charge is 0.310 e. The van der Waals surface area contributed by atoms with Crippen LogP contribution in [0.4, 0.5) is 5.82 Å². The molecule has 2 heterocycles. The van der Waals surface area contributed by atoms with Gasteiger partial charge in [0, 0.05) is 12.6 Å². The molecule has 1 aromatic carbocycles. The molecule has 7 nitrogen and oxygen atoms in total. The molecule has 1 N–H and O–H groups in total. The van der Waals surface area contributed by atoms with Crippen molar-refractivity contribution >= 4 is 34.4 Å². The Balaban J connectivity index is 1.85. The zero-order chi connectivity index (χ0) is 21.7. The number of carbonyl (C=O) groups excluding carboxylic acids is 1. The van der Waals surface area contributed by atoms with Crippen molar-refractivity contribution < 1.29 is 4.79 Å². The Bertz CT molecular complexity index is 1070. The van der Waals surface area contributed by atoms with Crippen molar-refractivity contribution in [3.05, 3.63) is 46.9 Å². The van der Waals surface area contributed by atoms with Crippen molar-refractivity contribution in [3.63, 3.8) is 0 Å². The lowest BCUT2D eigenvalue weighted by Crippen LogP contribution is -2.28. The van der Waals surface area contributed by atoms with Gasteiger partial charge in [-0.25, -0.2) is 9.67 Å². The molecule has 30 heavy (non-hydrogen) atoms. The zero-order valence-electron chi connectivity index (χ0n) is 18.0. The minimum Gasteiger partial charge on any atom is -0.310 e. The first-order valence-electron chi connectivity index (χ1n) is 10.5. The third-order valence-corrected chi connectivity index (χ3v) is 6.23. The van der Waals surface area contributed by atoms with Crippen LogP contribution in [0.2, 0.25) is 0 Å². The van der Waals surface area contributed by atoms with E-state index in [2.05, 4.69) is 31.2 Å². The highest BCUT2D eigenvalue weighted by Gasteiger charge is 2.21. The second kappa shape index (κ2) is 9.93. The second-order valence-corrected chi connectivity index (χ2v) is 8.70. The number of unbranched alkanes of at least 4 members (excludes halogenated alkanes) is 1. The molecular weight excluding hydrogens is 398 g/mol. The molecule has 2 aromatic heterocycles. The lowest BCUT2D eigenvalue weighted by Gasteiger charge is -2.18.